The quantitative estimate of drug-likeness (QED) is 0.737. The first-order chi connectivity index (χ1) is 15.4. The number of hydrogen-bond acceptors (Lipinski definition) is 5. The van der Waals surface area contributed by atoms with Crippen LogP contribution < -0.4 is 10.1 Å². The van der Waals surface area contributed by atoms with Crippen LogP contribution in [0.25, 0.3) is 11.1 Å². The topological polar surface area (TPSA) is 116 Å². The minimum absolute atomic E-state index is 0.0371. The zero-order valence-electron chi connectivity index (χ0n) is 17.5. The summed E-state index contributed by atoms with van der Waals surface area (Å²) in [6.07, 6.45) is -0.405. The predicted octanol–water partition coefficient (Wildman–Crippen LogP) is 1.83. The molecule has 32 heavy (non-hydrogen) atoms. The highest BCUT2D eigenvalue weighted by Gasteiger charge is 2.40. The molecule has 0 bridgehead atoms. The minimum atomic E-state index is -1.05. The van der Waals surface area contributed by atoms with Gasteiger partial charge < -0.3 is 25.0 Å². The number of rotatable bonds is 5. The van der Waals surface area contributed by atoms with Gasteiger partial charge in [-0.25, -0.2) is 0 Å². The number of hydrogen-bond donors (Lipinski definition) is 2. The van der Waals surface area contributed by atoms with Crippen molar-refractivity contribution < 1.29 is 29.0 Å². The minimum Gasteiger partial charge on any atom is -0.497 e. The Morgan fingerprint density at radius 3 is 2.47 bits per heavy atom. The van der Waals surface area contributed by atoms with Gasteiger partial charge >= 0.3 is 5.97 Å². The Balaban J connectivity index is 1.57. The van der Waals surface area contributed by atoms with E-state index in [1.807, 2.05) is 30.3 Å². The molecule has 0 radical (unpaired) electrons. The fraction of sp³-hybridized carbons (Fsp3) is 0.304. The molecule has 4 rings (SSSR count). The number of fused-ring (bicyclic) bond motifs is 2. The maximum absolute atomic E-state index is 13.3. The molecule has 1 saturated heterocycles. The van der Waals surface area contributed by atoms with E-state index in [2.05, 4.69) is 5.32 Å². The number of carbonyl (C=O) groups is 4. The molecule has 0 aromatic heterocycles. The maximum Gasteiger partial charge on any atom is 0.303 e. The van der Waals surface area contributed by atoms with Gasteiger partial charge in [0, 0.05) is 19.5 Å². The molecule has 1 fully saturated rings. The summed E-state index contributed by atoms with van der Waals surface area (Å²) in [5.74, 6) is -1.31. The predicted molar refractivity (Wildman–Crippen MR) is 115 cm³/mol. The molecule has 2 aromatic rings. The first kappa shape index (κ1) is 21.4. The number of carboxylic acid groups (broad SMARTS) is 1. The van der Waals surface area contributed by atoms with E-state index < -0.39 is 12.0 Å². The summed E-state index contributed by atoms with van der Waals surface area (Å²) in [4.78, 5) is 52.2. The van der Waals surface area contributed by atoms with Crippen molar-refractivity contribution in [3.8, 4) is 16.9 Å². The maximum atomic E-state index is 13.3. The molecule has 2 N–H and O–H groups in total. The van der Waals surface area contributed by atoms with Gasteiger partial charge in [0.2, 0.25) is 11.8 Å². The lowest BCUT2D eigenvalue weighted by molar-refractivity contribution is -0.142. The number of anilines is 1. The third-order valence-electron chi connectivity index (χ3n) is 5.78. The van der Waals surface area contributed by atoms with E-state index in [0.717, 1.165) is 16.9 Å². The standard InChI is InChI=1S/C23H23N3O6/c1-32-16-5-2-14(3-6-16)15-4-7-18-17(12-15)23(31)26-11-10-25(13-19(26)22(30)24-18)20(27)8-9-21(28)29/h2-7,12,19H,8-11,13H2,1H3,(H,24,30)(H,28,29). The summed E-state index contributed by atoms with van der Waals surface area (Å²) in [6, 6.07) is 11.9. The molecule has 2 aromatic carbocycles. The van der Waals surface area contributed by atoms with Gasteiger partial charge in [0.15, 0.2) is 0 Å². The number of piperazine rings is 1. The van der Waals surface area contributed by atoms with Crippen molar-refractivity contribution in [3.63, 3.8) is 0 Å². The van der Waals surface area contributed by atoms with Crippen LogP contribution in [-0.4, -0.2) is 71.4 Å². The third-order valence-corrected chi connectivity index (χ3v) is 5.78. The first-order valence-corrected chi connectivity index (χ1v) is 10.3. The fourth-order valence-electron chi connectivity index (χ4n) is 4.01. The lowest BCUT2D eigenvalue weighted by Gasteiger charge is -2.39. The van der Waals surface area contributed by atoms with Gasteiger partial charge in [0.25, 0.3) is 5.91 Å². The second-order valence-corrected chi connectivity index (χ2v) is 7.73. The second kappa shape index (κ2) is 8.70. The number of nitrogens with one attached hydrogen (secondary N) is 1. The van der Waals surface area contributed by atoms with Gasteiger partial charge in [-0.1, -0.05) is 18.2 Å². The highest BCUT2D eigenvalue weighted by molar-refractivity contribution is 6.10. The van der Waals surface area contributed by atoms with Gasteiger partial charge in [0.1, 0.15) is 11.8 Å². The SMILES string of the molecule is COc1ccc(-c2ccc3c(c2)C(=O)N2CCN(C(=O)CCC(=O)O)CC2C(=O)N3)cc1. The van der Waals surface area contributed by atoms with Crippen molar-refractivity contribution in [3.05, 3.63) is 48.0 Å². The highest BCUT2D eigenvalue weighted by Crippen LogP contribution is 2.31. The summed E-state index contributed by atoms with van der Waals surface area (Å²) >= 11 is 0. The molecule has 3 amide bonds. The molecular formula is C23H23N3O6. The van der Waals surface area contributed by atoms with Crippen molar-refractivity contribution in [1.29, 1.82) is 0 Å². The highest BCUT2D eigenvalue weighted by atomic mass is 16.5. The van der Waals surface area contributed by atoms with E-state index in [0.29, 0.717) is 11.3 Å². The number of aliphatic carboxylic acids is 1. The Morgan fingerprint density at radius 2 is 1.78 bits per heavy atom. The zero-order chi connectivity index (χ0) is 22.8. The second-order valence-electron chi connectivity index (χ2n) is 7.73. The lowest BCUT2D eigenvalue weighted by atomic mass is 10.0. The molecule has 1 atom stereocenters. The number of nitrogens with zero attached hydrogens (tertiary/aromatic N) is 2. The molecular weight excluding hydrogens is 414 g/mol. The van der Waals surface area contributed by atoms with E-state index in [9.17, 15) is 19.2 Å². The van der Waals surface area contributed by atoms with Crippen LogP contribution in [0.1, 0.15) is 23.2 Å². The number of benzene rings is 2. The van der Waals surface area contributed by atoms with Gasteiger partial charge in [-0.15, -0.1) is 0 Å². The molecule has 0 aliphatic carbocycles. The summed E-state index contributed by atoms with van der Waals surface area (Å²) in [7, 11) is 1.59. The lowest BCUT2D eigenvalue weighted by Crippen LogP contribution is -2.59. The molecule has 0 spiro atoms. The van der Waals surface area contributed by atoms with Gasteiger partial charge in [-0.2, -0.15) is 0 Å². The van der Waals surface area contributed by atoms with Crippen molar-refractivity contribution in [2.45, 2.75) is 18.9 Å². The number of carbonyl (C=O) groups excluding carboxylic acids is 3. The van der Waals surface area contributed by atoms with E-state index >= 15 is 0 Å². The van der Waals surface area contributed by atoms with Crippen LogP contribution in [-0.2, 0) is 14.4 Å². The Bertz CT molecular complexity index is 1080. The molecule has 1 unspecified atom stereocenters. The molecule has 2 aliphatic rings. The summed E-state index contributed by atoms with van der Waals surface area (Å²) in [6.45, 7) is 0.485. The summed E-state index contributed by atoms with van der Waals surface area (Å²) in [5, 5.41) is 11.6. The van der Waals surface area contributed by atoms with Crippen LogP contribution in [0.15, 0.2) is 42.5 Å². The molecule has 166 valence electrons. The van der Waals surface area contributed by atoms with Crippen molar-refractivity contribution in [2.24, 2.45) is 0 Å². The smallest absolute Gasteiger partial charge is 0.303 e. The summed E-state index contributed by atoms with van der Waals surface area (Å²) in [5.41, 5.74) is 2.55. The van der Waals surface area contributed by atoms with Crippen molar-refractivity contribution in [1.82, 2.24) is 9.80 Å². The average molecular weight is 437 g/mol. The van der Waals surface area contributed by atoms with Crippen LogP contribution in [0, 0.1) is 0 Å². The van der Waals surface area contributed by atoms with E-state index in [-0.39, 0.29) is 50.2 Å². The van der Waals surface area contributed by atoms with E-state index in [1.165, 1.54) is 9.80 Å². The molecule has 0 saturated carbocycles. The average Bonchev–Trinajstić information content (AvgIpc) is 2.91. The largest absolute Gasteiger partial charge is 0.497 e. The normalized spacial score (nSPS) is 17.7. The monoisotopic (exact) mass is 437 g/mol. The van der Waals surface area contributed by atoms with Crippen molar-refractivity contribution >= 4 is 29.4 Å². The zero-order valence-corrected chi connectivity index (χ0v) is 17.5. The molecule has 9 heteroatoms. The summed E-state index contributed by atoms with van der Waals surface area (Å²) < 4.78 is 5.19. The number of amides is 3. The third kappa shape index (κ3) is 4.14. The number of ether oxygens (including phenoxy) is 1. The van der Waals surface area contributed by atoms with Crippen LogP contribution in [0.4, 0.5) is 5.69 Å². The molecule has 2 heterocycles. The number of carboxylic acids is 1. The van der Waals surface area contributed by atoms with Gasteiger partial charge in [-0.05, 0) is 35.4 Å². The van der Waals surface area contributed by atoms with Crippen LogP contribution in [0.5, 0.6) is 5.75 Å². The Labute approximate surface area is 184 Å². The Morgan fingerprint density at radius 1 is 1.06 bits per heavy atom. The van der Waals surface area contributed by atoms with Crippen LogP contribution >= 0.6 is 0 Å². The van der Waals surface area contributed by atoms with E-state index in [4.69, 9.17) is 9.84 Å². The van der Waals surface area contributed by atoms with Crippen LogP contribution in [0.3, 0.4) is 0 Å². The number of methoxy groups -OCH3 is 1. The van der Waals surface area contributed by atoms with Gasteiger partial charge in [-0.3, -0.25) is 19.2 Å². The fourth-order valence-corrected chi connectivity index (χ4v) is 4.01. The molecule has 9 nitrogen and oxygen atoms in total. The van der Waals surface area contributed by atoms with Gasteiger partial charge in [0.05, 0.1) is 31.3 Å². The Hall–Kier alpha value is -3.88. The van der Waals surface area contributed by atoms with Crippen LogP contribution in [0.2, 0.25) is 0 Å². The van der Waals surface area contributed by atoms with Crippen molar-refractivity contribution in [2.75, 3.05) is 32.1 Å². The molecule has 2 aliphatic heterocycles. The Kier molecular flexibility index (Phi) is 5.81. The van der Waals surface area contributed by atoms with E-state index in [1.54, 1.807) is 19.2 Å². The first-order valence-electron chi connectivity index (χ1n) is 10.3.